The van der Waals surface area contributed by atoms with Crippen LogP contribution in [0, 0.1) is 11.3 Å². The van der Waals surface area contributed by atoms with Gasteiger partial charge in [-0.15, -0.1) is 0 Å². The van der Waals surface area contributed by atoms with Crippen LogP contribution in [0.4, 0.5) is 0 Å². The van der Waals surface area contributed by atoms with Crippen molar-refractivity contribution in [1.82, 2.24) is 15.1 Å². The quantitative estimate of drug-likeness (QED) is 0.703. The molecule has 29 heavy (non-hydrogen) atoms. The van der Waals surface area contributed by atoms with Crippen molar-refractivity contribution >= 4 is 5.91 Å². The second-order valence-corrected chi connectivity index (χ2v) is 7.61. The summed E-state index contributed by atoms with van der Waals surface area (Å²) in [5, 5.41) is 12.3. The largest absolute Gasteiger partial charge is 0.355 e. The second kappa shape index (κ2) is 10.8. The number of nitriles is 1. The van der Waals surface area contributed by atoms with Crippen molar-refractivity contribution in [2.24, 2.45) is 0 Å². The highest BCUT2D eigenvalue weighted by atomic mass is 16.2. The van der Waals surface area contributed by atoms with Crippen molar-refractivity contribution in [2.75, 3.05) is 39.3 Å². The van der Waals surface area contributed by atoms with Gasteiger partial charge >= 0.3 is 0 Å². The molecule has 2 aromatic carbocycles. The van der Waals surface area contributed by atoms with E-state index in [1.807, 2.05) is 24.3 Å². The fourth-order valence-electron chi connectivity index (χ4n) is 3.65. The molecule has 0 bridgehead atoms. The lowest BCUT2D eigenvalue weighted by Gasteiger charge is -2.34. The molecule has 1 saturated heterocycles. The first-order valence-corrected chi connectivity index (χ1v) is 10.5. The topological polar surface area (TPSA) is 59.4 Å². The SMILES string of the molecule is CCCCNC(=O)CN1CCN(Cc2ccc(-c3ccccc3C#N)cc2)CC1. The van der Waals surface area contributed by atoms with E-state index < -0.39 is 0 Å². The molecule has 0 aliphatic carbocycles. The Hall–Kier alpha value is -2.68. The Morgan fingerprint density at radius 3 is 2.41 bits per heavy atom. The minimum atomic E-state index is 0.139. The van der Waals surface area contributed by atoms with E-state index in [1.165, 1.54) is 5.56 Å². The molecule has 1 aliphatic heterocycles. The molecule has 2 aromatic rings. The molecule has 0 atom stereocenters. The van der Waals surface area contributed by atoms with Crippen LogP contribution in [0.25, 0.3) is 11.1 Å². The minimum absolute atomic E-state index is 0.139. The first-order chi connectivity index (χ1) is 14.2. The molecule has 1 fully saturated rings. The van der Waals surface area contributed by atoms with E-state index in [9.17, 15) is 10.1 Å². The van der Waals surface area contributed by atoms with Gasteiger partial charge in [-0.1, -0.05) is 55.8 Å². The van der Waals surface area contributed by atoms with Crippen molar-refractivity contribution in [3.8, 4) is 17.2 Å². The van der Waals surface area contributed by atoms with Crippen LogP contribution in [0.3, 0.4) is 0 Å². The number of amides is 1. The Morgan fingerprint density at radius 1 is 1.03 bits per heavy atom. The summed E-state index contributed by atoms with van der Waals surface area (Å²) in [6.07, 6.45) is 2.14. The van der Waals surface area contributed by atoms with Crippen molar-refractivity contribution in [3.63, 3.8) is 0 Å². The molecule has 3 rings (SSSR count). The molecule has 5 heteroatoms. The van der Waals surface area contributed by atoms with Crippen LogP contribution in [0.2, 0.25) is 0 Å². The van der Waals surface area contributed by atoms with Gasteiger partial charge in [0.1, 0.15) is 0 Å². The van der Waals surface area contributed by atoms with Gasteiger partial charge in [0.05, 0.1) is 18.2 Å². The van der Waals surface area contributed by atoms with Gasteiger partial charge in [-0.25, -0.2) is 0 Å². The summed E-state index contributed by atoms with van der Waals surface area (Å²) in [5.41, 5.74) is 4.03. The van der Waals surface area contributed by atoms with Gasteiger partial charge in [-0.05, 0) is 29.2 Å². The summed E-state index contributed by atoms with van der Waals surface area (Å²) in [6.45, 7) is 8.13. The fraction of sp³-hybridized carbons (Fsp3) is 0.417. The van der Waals surface area contributed by atoms with Crippen LogP contribution < -0.4 is 5.32 Å². The zero-order chi connectivity index (χ0) is 20.5. The molecule has 0 radical (unpaired) electrons. The molecular formula is C24H30N4O. The standard InChI is InChI=1S/C24H30N4O/c1-2-3-12-26-24(29)19-28-15-13-27(14-16-28)18-20-8-10-21(11-9-20)23-7-5-4-6-22(23)17-25/h4-11H,2-3,12-16,18-19H2,1H3,(H,26,29). The van der Waals surface area contributed by atoms with Gasteiger partial charge in [0.15, 0.2) is 0 Å². The summed E-state index contributed by atoms with van der Waals surface area (Å²) in [5.74, 6) is 0.139. The Labute approximate surface area is 173 Å². The predicted molar refractivity (Wildman–Crippen MR) is 116 cm³/mol. The number of carbonyl (C=O) groups is 1. The average Bonchev–Trinajstić information content (AvgIpc) is 2.76. The number of hydrogen-bond donors (Lipinski definition) is 1. The smallest absolute Gasteiger partial charge is 0.234 e. The summed E-state index contributed by atoms with van der Waals surface area (Å²) in [4.78, 5) is 16.6. The fourth-order valence-corrected chi connectivity index (χ4v) is 3.65. The van der Waals surface area contributed by atoms with Crippen molar-refractivity contribution in [2.45, 2.75) is 26.3 Å². The van der Waals surface area contributed by atoms with Gasteiger partial charge in [0.25, 0.3) is 0 Å². The zero-order valence-electron chi connectivity index (χ0n) is 17.2. The van der Waals surface area contributed by atoms with E-state index in [2.05, 4.69) is 52.4 Å². The van der Waals surface area contributed by atoms with Crippen LogP contribution in [0.1, 0.15) is 30.9 Å². The van der Waals surface area contributed by atoms with E-state index in [-0.39, 0.29) is 5.91 Å². The Morgan fingerprint density at radius 2 is 1.72 bits per heavy atom. The van der Waals surface area contributed by atoms with E-state index in [4.69, 9.17) is 0 Å². The van der Waals surface area contributed by atoms with Crippen molar-refractivity contribution in [1.29, 1.82) is 5.26 Å². The number of nitrogens with zero attached hydrogens (tertiary/aromatic N) is 3. The number of hydrogen-bond acceptors (Lipinski definition) is 4. The normalized spacial score (nSPS) is 15.0. The van der Waals surface area contributed by atoms with Crippen LogP contribution in [0.5, 0.6) is 0 Å². The molecule has 0 saturated carbocycles. The maximum atomic E-state index is 12.0. The van der Waals surface area contributed by atoms with E-state index in [1.54, 1.807) is 0 Å². The summed E-state index contributed by atoms with van der Waals surface area (Å²) >= 11 is 0. The van der Waals surface area contributed by atoms with Crippen LogP contribution in [-0.2, 0) is 11.3 Å². The predicted octanol–water partition coefficient (Wildman–Crippen LogP) is 3.26. The van der Waals surface area contributed by atoms with Gasteiger partial charge < -0.3 is 5.32 Å². The molecule has 1 heterocycles. The lowest BCUT2D eigenvalue weighted by atomic mass is 9.99. The molecule has 0 aromatic heterocycles. The average molecular weight is 391 g/mol. The lowest BCUT2D eigenvalue weighted by Crippen LogP contribution is -2.49. The van der Waals surface area contributed by atoms with E-state index in [0.717, 1.165) is 63.2 Å². The molecule has 1 amide bonds. The third-order valence-corrected chi connectivity index (χ3v) is 5.40. The monoisotopic (exact) mass is 390 g/mol. The van der Waals surface area contributed by atoms with Gasteiger partial charge in [0, 0.05) is 39.3 Å². The number of rotatable bonds is 8. The molecule has 1 aliphatic rings. The van der Waals surface area contributed by atoms with Gasteiger partial charge in [0.2, 0.25) is 5.91 Å². The maximum Gasteiger partial charge on any atom is 0.234 e. The minimum Gasteiger partial charge on any atom is -0.355 e. The maximum absolute atomic E-state index is 12.0. The lowest BCUT2D eigenvalue weighted by molar-refractivity contribution is -0.122. The summed E-state index contributed by atoms with van der Waals surface area (Å²) in [6, 6.07) is 18.5. The Kier molecular flexibility index (Phi) is 7.80. The highest BCUT2D eigenvalue weighted by molar-refractivity contribution is 5.78. The van der Waals surface area contributed by atoms with Crippen molar-refractivity contribution in [3.05, 3.63) is 59.7 Å². The van der Waals surface area contributed by atoms with Gasteiger partial charge in [-0.3, -0.25) is 14.6 Å². The number of piperazine rings is 1. The summed E-state index contributed by atoms with van der Waals surface area (Å²) in [7, 11) is 0. The van der Waals surface area contributed by atoms with Gasteiger partial charge in [-0.2, -0.15) is 5.26 Å². The van der Waals surface area contributed by atoms with E-state index >= 15 is 0 Å². The first-order valence-electron chi connectivity index (χ1n) is 10.5. The number of carbonyl (C=O) groups excluding carboxylic acids is 1. The molecule has 0 spiro atoms. The molecular weight excluding hydrogens is 360 g/mol. The summed E-state index contributed by atoms with van der Waals surface area (Å²) < 4.78 is 0. The number of benzene rings is 2. The number of unbranched alkanes of at least 4 members (excludes halogenated alkanes) is 1. The molecule has 5 nitrogen and oxygen atoms in total. The third kappa shape index (κ3) is 6.15. The zero-order valence-corrected chi connectivity index (χ0v) is 17.2. The first kappa shape index (κ1) is 21.0. The van der Waals surface area contributed by atoms with Crippen LogP contribution in [0.15, 0.2) is 48.5 Å². The third-order valence-electron chi connectivity index (χ3n) is 5.40. The van der Waals surface area contributed by atoms with E-state index in [0.29, 0.717) is 12.1 Å². The molecule has 152 valence electrons. The second-order valence-electron chi connectivity index (χ2n) is 7.61. The molecule has 0 unspecified atom stereocenters. The Balaban J connectivity index is 1.47. The molecule has 1 N–H and O–H groups in total. The van der Waals surface area contributed by atoms with Crippen LogP contribution >= 0.6 is 0 Å². The van der Waals surface area contributed by atoms with Crippen molar-refractivity contribution < 1.29 is 4.79 Å². The van der Waals surface area contributed by atoms with Crippen LogP contribution in [-0.4, -0.2) is 55.0 Å². The number of nitrogens with one attached hydrogen (secondary N) is 1. The highest BCUT2D eigenvalue weighted by Crippen LogP contribution is 2.24. The Bertz CT molecular complexity index is 833. The highest BCUT2D eigenvalue weighted by Gasteiger charge is 2.19.